The van der Waals surface area contributed by atoms with Crippen LogP contribution in [-0.2, 0) is 0 Å². The summed E-state index contributed by atoms with van der Waals surface area (Å²) >= 11 is 4.77. The Morgan fingerprint density at radius 3 is 2.68 bits per heavy atom. The van der Waals surface area contributed by atoms with Gasteiger partial charge in [0.1, 0.15) is 23.4 Å². The van der Waals surface area contributed by atoms with Gasteiger partial charge in [-0.3, -0.25) is 14.7 Å². The molecule has 1 atom stereocenters. The molecule has 0 bridgehead atoms. The van der Waals surface area contributed by atoms with Crippen LogP contribution in [0.15, 0.2) is 58.7 Å². The number of aryl methyl sites for hydroxylation is 3. The van der Waals surface area contributed by atoms with E-state index < -0.39 is 5.25 Å². The molecule has 2 aromatic carbocycles. The number of nitro groups is 1. The van der Waals surface area contributed by atoms with E-state index in [1.807, 2.05) is 42.7 Å². The van der Waals surface area contributed by atoms with E-state index in [2.05, 4.69) is 45.7 Å². The maximum atomic E-state index is 11.5. The van der Waals surface area contributed by atoms with E-state index in [1.165, 1.54) is 17.3 Å². The standard InChI is InChI=1S/C22H23BrN4O3S/c1-5-10-30-20-9-7-17(23)12-19(20)21(13-26(28)29)31-22-25-24-16(4)27(22)18-8-6-14(2)15(3)11-18/h5-9,11-12,21H,1,10,13H2,2-4H3/t21-/m1/s1. The molecule has 0 fully saturated rings. The number of hydrogen-bond donors (Lipinski definition) is 0. The highest BCUT2D eigenvalue weighted by Gasteiger charge is 2.27. The Balaban J connectivity index is 2.04. The molecule has 0 saturated carbocycles. The second kappa shape index (κ2) is 10.1. The van der Waals surface area contributed by atoms with Crippen molar-refractivity contribution in [1.29, 1.82) is 0 Å². The quantitative estimate of drug-likeness (QED) is 0.163. The first kappa shape index (κ1) is 23.0. The summed E-state index contributed by atoms with van der Waals surface area (Å²) in [5.41, 5.74) is 3.97. The largest absolute Gasteiger partial charge is 0.489 e. The van der Waals surface area contributed by atoms with Gasteiger partial charge in [0.25, 0.3) is 0 Å². The van der Waals surface area contributed by atoms with Gasteiger partial charge in [0, 0.05) is 20.6 Å². The van der Waals surface area contributed by atoms with Gasteiger partial charge in [0.15, 0.2) is 5.16 Å². The Bertz CT molecular complexity index is 1120. The van der Waals surface area contributed by atoms with Gasteiger partial charge < -0.3 is 4.74 Å². The van der Waals surface area contributed by atoms with Crippen molar-refractivity contribution in [2.75, 3.05) is 13.2 Å². The Labute approximate surface area is 193 Å². The molecule has 0 unspecified atom stereocenters. The fourth-order valence-corrected chi connectivity index (χ4v) is 4.67. The number of ether oxygens (including phenoxy) is 1. The number of benzene rings is 2. The molecule has 9 heteroatoms. The van der Waals surface area contributed by atoms with E-state index in [0.717, 1.165) is 15.7 Å². The van der Waals surface area contributed by atoms with Crippen molar-refractivity contribution >= 4 is 27.7 Å². The normalized spacial score (nSPS) is 11.9. The van der Waals surface area contributed by atoms with Crippen LogP contribution in [0.5, 0.6) is 5.75 Å². The van der Waals surface area contributed by atoms with Gasteiger partial charge >= 0.3 is 0 Å². The van der Waals surface area contributed by atoms with Crippen LogP contribution in [0.1, 0.15) is 27.8 Å². The van der Waals surface area contributed by atoms with Crippen LogP contribution in [0.2, 0.25) is 0 Å². The highest BCUT2D eigenvalue weighted by Crippen LogP contribution is 2.41. The number of nitrogens with zero attached hydrogens (tertiary/aromatic N) is 4. The van der Waals surface area contributed by atoms with Gasteiger partial charge in [-0.1, -0.05) is 46.4 Å². The Morgan fingerprint density at radius 1 is 1.23 bits per heavy atom. The molecule has 31 heavy (non-hydrogen) atoms. The van der Waals surface area contributed by atoms with Gasteiger partial charge in [-0.05, 0) is 62.2 Å². The first-order valence-corrected chi connectivity index (χ1v) is 11.3. The number of hydrogen-bond acceptors (Lipinski definition) is 6. The molecule has 1 heterocycles. The van der Waals surface area contributed by atoms with Crippen LogP contribution in [-0.4, -0.2) is 32.8 Å². The molecule has 0 N–H and O–H groups in total. The highest BCUT2D eigenvalue weighted by atomic mass is 79.9. The predicted molar refractivity (Wildman–Crippen MR) is 126 cm³/mol. The third-order valence-electron chi connectivity index (χ3n) is 4.78. The van der Waals surface area contributed by atoms with E-state index >= 15 is 0 Å². The Hall–Kier alpha value is -2.65. The van der Waals surface area contributed by atoms with Crippen LogP contribution >= 0.6 is 27.7 Å². The summed E-state index contributed by atoms with van der Waals surface area (Å²) in [6, 6.07) is 11.6. The minimum absolute atomic E-state index is 0.287. The lowest BCUT2D eigenvalue weighted by atomic mass is 10.1. The zero-order valence-electron chi connectivity index (χ0n) is 17.5. The van der Waals surface area contributed by atoms with Gasteiger partial charge in [-0.2, -0.15) is 0 Å². The van der Waals surface area contributed by atoms with Gasteiger partial charge in [0.2, 0.25) is 6.54 Å². The van der Waals surface area contributed by atoms with Crippen LogP contribution < -0.4 is 4.74 Å². The average molecular weight is 503 g/mol. The van der Waals surface area contributed by atoms with Crippen molar-refractivity contribution in [1.82, 2.24) is 14.8 Å². The second-order valence-electron chi connectivity index (χ2n) is 7.04. The summed E-state index contributed by atoms with van der Waals surface area (Å²) in [7, 11) is 0. The molecule has 7 nitrogen and oxygen atoms in total. The van der Waals surface area contributed by atoms with Crippen molar-refractivity contribution in [3.8, 4) is 11.4 Å². The smallest absolute Gasteiger partial charge is 0.220 e. The molecular formula is C22H23BrN4O3S. The Kier molecular flexibility index (Phi) is 7.50. The molecular weight excluding hydrogens is 480 g/mol. The van der Waals surface area contributed by atoms with Crippen molar-refractivity contribution in [3.05, 3.63) is 86.2 Å². The summed E-state index contributed by atoms with van der Waals surface area (Å²) in [5, 5.41) is 20.1. The number of rotatable bonds is 9. The lowest BCUT2D eigenvalue weighted by Crippen LogP contribution is -2.13. The van der Waals surface area contributed by atoms with Crippen molar-refractivity contribution in [2.45, 2.75) is 31.2 Å². The van der Waals surface area contributed by atoms with E-state index in [1.54, 1.807) is 12.1 Å². The average Bonchev–Trinajstić information content (AvgIpc) is 3.08. The van der Waals surface area contributed by atoms with Crippen molar-refractivity contribution < 1.29 is 9.66 Å². The minimum atomic E-state index is -0.527. The summed E-state index contributed by atoms with van der Waals surface area (Å²) in [6.07, 6.45) is 1.64. The second-order valence-corrected chi connectivity index (χ2v) is 9.12. The van der Waals surface area contributed by atoms with Crippen molar-refractivity contribution in [3.63, 3.8) is 0 Å². The van der Waals surface area contributed by atoms with E-state index in [4.69, 9.17) is 4.74 Å². The number of halogens is 1. The summed E-state index contributed by atoms with van der Waals surface area (Å²) < 4.78 is 8.51. The molecule has 0 spiro atoms. The third-order valence-corrected chi connectivity index (χ3v) is 6.44. The van der Waals surface area contributed by atoms with Gasteiger partial charge in [-0.25, -0.2) is 0 Å². The monoisotopic (exact) mass is 502 g/mol. The molecule has 162 valence electrons. The SMILES string of the molecule is C=CCOc1ccc(Br)cc1[C@@H](C[N+](=O)[O-])Sc1nnc(C)n1-c1ccc(C)c(C)c1. The van der Waals surface area contributed by atoms with Crippen LogP contribution in [0, 0.1) is 30.9 Å². The van der Waals surface area contributed by atoms with Crippen molar-refractivity contribution in [2.24, 2.45) is 0 Å². The molecule has 0 aliphatic rings. The zero-order valence-corrected chi connectivity index (χ0v) is 19.9. The van der Waals surface area contributed by atoms with Gasteiger partial charge in [0.05, 0.1) is 0 Å². The molecule has 0 radical (unpaired) electrons. The molecule has 1 aromatic heterocycles. The third kappa shape index (κ3) is 5.54. The lowest BCUT2D eigenvalue weighted by molar-refractivity contribution is -0.479. The lowest BCUT2D eigenvalue weighted by Gasteiger charge is -2.18. The molecule has 0 saturated heterocycles. The first-order chi connectivity index (χ1) is 14.8. The fraction of sp³-hybridized carbons (Fsp3) is 0.273. The maximum Gasteiger partial charge on any atom is 0.220 e. The molecule has 3 aromatic rings. The molecule has 0 amide bonds. The number of thioether (sulfide) groups is 1. The number of aromatic nitrogens is 3. The van der Waals surface area contributed by atoms with E-state index in [-0.39, 0.29) is 11.5 Å². The topological polar surface area (TPSA) is 83.1 Å². The van der Waals surface area contributed by atoms with Crippen LogP contribution in [0.4, 0.5) is 0 Å². The molecule has 0 aliphatic heterocycles. The predicted octanol–water partition coefficient (Wildman–Crippen LogP) is 5.63. The summed E-state index contributed by atoms with van der Waals surface area (Å²) in [4.78, 5) is 11.2. The summed E-state index contributed by atoms with van der Waals surface area (Å²) in [5.74, 6) is 1.29. The van der Waals surface area contributed by atoms with Crippen LogP contribution in [0.3, 0.4) is 0 Å². The molecule has 0 aliphatic carbocycles. The van der Waals surface area contributed by atoms with Gasteiger partial charge in [-0.15, -0.1) is 10.2 Å². The van der Waals surface area contributed by atoms with E-state index in [9.17, 15) is 10.1 Å². The summed E-state index contributed by atoms with van der Waals surface area (Å²) in [6.45, 7) is 9.67. The van der Waals surface area contributed by atoms with E-state index in [0.29, 0.717) is 28.9 Å². The first-order valence-electron chi connectivity index (χ1n) is 9.61. The maximum absolute atomic E-state index is 11.5. The molecule has 3 rings (SSSR count). The highest BCUT2D eigenvalue weighted by molar-refractivity contribution is 9.10. The zero-order chi connectivity index (χ0) is 22.5. The Morgan fingerprint density at radius 2 is 2.00 bits per heavy atom. The minimum Gasteiger partial charge on any atom is -0.489 e. The fourth-order valence-electron chi connectivity index (χ4n) is 3.09. The van der Waals surface area contributed by atoms with Crippen LogP contribution in [0.25, 0.3) is 5.69 Å².